The lowest BCUT2D eigenvalue weighted by atomic mass is 10.1. The van der Waals surface area contributed by atoms with Gasteiger partial charge in [0.15, 0.2) is 0 Å². The van der Waals surface area contributed by atoms with Crippen molar-refractivity contribution in [2.45, 2.75) is 5.75 Å². The molecule has 2 rings (SSSR count). The molecule has 0 saturated carbocycles. The van der Waals surface area contributed by atoms with Gasteiger partial charge in [0.2, 0.25) is 5.95 Å². The van der Waals surface area contributed by atoms with Gasteiger partial charge < -0.3 is 4.74 Å². The van der Waals surface area contributed by atoms with Crippen LogP contribution in [0.3, 0.4) is 0 Å². The quantitative estimate of drug-likeness (QED) is 0.869. The van der Waals surface area contributed by atoms with Crippen LogP contribution in [0.1, 0.15) is 15.9 Å². The van der Waals surface area contributed by atoms with Gasteiger partial charge in [-0.1, -0.05) is 16.7 Å². The number of nitrogens with zero attached hydrogens (tertiary/aromatic N) is 4. The number of nitrogens with one attached hydrogen (secondary N) is 1. The second-order valence-electron chi connectivity index (χ2n) is 4.41. The number of benzene rings is 1. The molecule has 118 valence electrons. The highest BCUT2D eigenvalue weighted by atomic mass is 35.5. The van der Waals surface area contributed by atoms with E-state index in [1.807, 2.05) is 0 Å². The summed E-state index contributed by atoms with van der Waals surface area (Å²) in [5, 5.41) is 13.5. The highest BCUT2D eigenvalue weighted by Gasteiger charge is 2.19. The Hall–Kier alpha value is -2.00. The third kappa shape index (κ3) is 3.42. The number of tetrazole rings is 1. The summed E-state index contributed by atoms with van der Waals surface area (Å²) in [5.41, 5.74) is 0.750. The van der Waals surface area contributed by atoms with Gasteiger partial charge in [-0.15, -0.1) is 0 Å². The van der Waals surface area contributed by atoms with Gasteiger partial charge in [-0.3, -0.25) is 14.3 Å². The summed E-state index contributed by atoms with van der Waals surface area (Å²) in [6.07, 6.45) is 1.55. The molecule has 0 aliphatic carbocycles. The summed E-state index contributed by atoms with van der Waals surface area (Å²) >= 11 is 6.28. The molecular weight excluding hydrogens is 330 g/mol. The van der Waals surface area contributed by atoms with Crippen LogP contribution in [0.2, 0.25) is 5.02 Å². The molecule has 1 aromatic heterocycles. The lowest BCUT2D eigenvalue weighted by Crippen LogP contribution is -2.16. The zero-order valence-corrected chi connectivity index (χ0v) is 13.7. The Bertz CT molecular complexity index is 734. The lowest BCUT2D eigenvalue weighted by Gasteiger charge is -2.13. The van der Waals surface area contributed by atoms with E-state index in [1.54, 1.807) is 19.4 Å². The van der Waals surface area contributed by atoms with Crippen LogP contribution in [-0.4, -0.2) is 43.7 Å². The number of halogens is 1. The van der Waals surface area contributed by atoms with Crippen molar-refractivity contribution in [3.05, 3.63) is 28.3 Å². The topological polar surface area (TPSA) is 99.0 Å². The highest BCUT2D eigenvalue weighted by Crippen LogP contribution is 2.31. The summed E-state index contributed by atoms with van der Waals surface area (Å²) in [7, 11) is 1.95. The van der Waals surface area contributed by atoms with E-state index in [0.29, 0.717) is 11.3 Å². The first-order valence-electron chi connectivity index (χ1n) is 6.13. The van der Waals surface area contributed by atoms with Crippen LogP contribution in [0.15, 0.2) is 12.1 Å². The van der Waals surface area contributed by atoms with E-state index in [4.69, 9.17) is 16.3 Å². The van der Waals surface area contributed by atoms with Gasteiger partial charge in [0, 0.05) is 29.7 Å². The monoisotopic (exact) mass is 343 g/mol. The number of aryl methyl sites for hydroxylation is 1. The Labute approximate surface area is 134 Å². The molecule has 0 aliphatic heterocycles. The van der Waals surface area contributed by atoms with Crippen molar-refractivity contribution in [1.29, 1.82) is 0 Å². The molecule has 8 nitrogen and oxygen atoms in total. The molecule has 1 unspecified atom stereocenters. The van der Waals surface area contributed by atoms with Crippen molar-refractivity contribution in [2.24, 2.45) is 7.05 Å². The number of hydrogen-bond acceptors (Lipinski definition) is 6. The molecule has 1 atom stereocenters. The van der Waals surface area contributed by atoms with E-state index in [0.717, 1.165) is 0 Å². The maximum Gasteiger partial charge on any atom is 0.259 e. The van der Waals surface area contributed by atoms with Gasteiger partial charge in [-0.05, 0) is 22.6 Å². The summed E-state index contributed by atoms with van der Waals surface area (Å²) in [5.74, 6) is 0.400. The first-order valence-corrected chi connectivity index (χ1v) is 8.23. The minimum atomic E-state index is -1.13. The molecular formula is C12H14ClN5O3S. The zero-order valence-electron chi connectivity index (χ0n) is 12.2. The third-order valence-corrected chi connectivity index (χ3v) is 3.98. The number of methoxy groups -OCH3 is 1. The van der Waals surface area contributed by atoms with Crippen molar-refractivity contribution in [1.82, 2.24) is 20.2 Å². The van der Waals surface area contributed by atoms with Crippen molar-refractivity contribution in [3.8, 4) is 5.75 Å². The molecule has 0 bridgehead atoms. The number of aromatic nitrogens is 4. The van der Waals surface area contributed by atoms with Crippen LogP contribution in [0.25, 0.3) is 0 Å². The van der Waals surface area contributed by atoms with E-state index in [1.165, 1.54) is 17.9 Å². The fraction of sp³-hybridized carbons (Fsp3) is 0.333. The smallest absolute Gasteiger partial charge is 0.259 e. The van der Waals surface area contributed by atoms with E-state index in [2.05, 4.69) is 20.8 Å². The predicted molar refractivity (Wildman–Crippen MR) is 82.5 cm³/mol. The van der Waals surface area contributed by atoms with Crippen LogP contribution in [0.5, 0.6) is 5.75 Å². The number of anilines is 1. The van der Waals surface area contributed by atoms with Crippen LogP contribution in [0, 0.1) is 0 Å². The van der Waals surface area contributed by atoms with Crippen LogP contribution in [-0.2, 0) is 23.6 Å². The van der Waals surface area contributed by atoms with E-state index >= 15 is 0 Å². The summed E-state index contributed by atoms with van der Waals surface area (Å²) in [6, 6.07) is 3.14. The second-order valence-corrected chi connectivity index (χ2v) is 6.22. The summed E-state index contributed by atoms with van der Waals surface area (Å²) in [6.45, 7) is 0. The number of carbonyl (C=O) groups excluding carboxylic acids is 1. The number of ether oxygens (including phenoxy) is 1. The van der Waals surface area contributed by atoms with Gasteiger partial charge in [-0.2, -0.15) is 0 Å². The highest BCUT2D eigenvalue weighted by molar-refractivity contribution is 7.83. The molecule has 10 heteroatoms. The standard InChI is InChI=1S/C12H14ClN5O3S/c1-18-12(15-16-17-18)14-11(19)7-4-5-9(21-2)8(10(7)13)6-22(3)20/h4-5H,6H2,1-3H3,(H,14,15,17,19). The van der Waals surface area contributed by atoms with Gasteiger partial charge in [0.25, 0.3) is 5.91 Å². The molecule has 2 aromatic rings. The number of hydrogen-bond donors (Lipinski definition) is 1. The lowest BCUT2D eigenvalue weighted by molar-refractivity contribution is 0.102. The molecule has 0 spiro atoms. The Kier molecular flexibility index (Phi) is 5.09. The first kappa shape index (κ1) is 16.4. The molecule has 0 radical (unpaired) electrons. The minimum absolute atomic E-state index is 0.189. The second kappa shape index (κ2) is 6.84. The van der Waals surface area contributed by atoms with E-state index < -0.39 is 16.7 Å². The Morgan fingerprint density at radius 3 is 2.77 bits per heavy atom. The maximum atomic E-state index is 12.3. The Morgan fingerprint density at radius 1 is 1.50 bits per heavy atom. The largest absolute Gasteiger partial charge is 0.496 e. The zero-order chi connectivity index (χ0) is 16.3. The van der Waals surface area contributed by atoms with Crippen LogP contribution >= 0.6 is 11.6 Å². The van der Waals surface area contributed by atoms with E-state index in [9.17, 15) is 9.00 Å². The molecule has 1 N–H and O–H groups in total. The molecule has 22 heavy (non-hydrogen) atoms. The average Bonchev–Trinajstić information content (AvgIpc) is 2.85. The molecule has 0 aliphatic rings. The number of carbonyl (C=O) groups is 1. The van der Waals surface area contributed by atoms with Crippen LogP contribution in [0.4, 0.5) is 5.95 Å². The predicted octanol–water partition coefficient (Wildman–Crippen LogP) is 1.00. The number of rotatable bonds is 5. The molecule has 1 aromatic carbocycles. The molecule has 0 saturated heterocycles. The van der Waals surface area contributed by atoms with Gasteiger partial charge >= 0.3 is 0 Å². The SMILES string of the molecule is COc1ccc(C(=O)Nc2nnnn2C)c(Cl)c1CS(C)=O. The van der Waals surface area contributed by atoms with Crippen molar-refractivity contribution < 1.29 is 13.7 Å². The fourth-order valence-corrected chi connectivity index (χ4v) is 2.89. The van der Waals surface area contributed by atoms with Gasteiger partial charge in [0.1, 0.15) is 5.75 Å². The maximum absolute atomic E-state index is 12.3. The molecule has 1 heterocycles. The van der Waals surface area contributed by atoms with Crippen LogP contribution < -0.4 is 10.1 Å². The number of amides is 1. The third-order valence-electron chi connectivity index (χ3n) is 2.86. The van der Waals surface area contributed by atoms with Crippen molar-refractivity contribution in [3.63, 3.8) is 0 Å². The van der Waals surface area contributed by atoms with Gasteiger partial charge in [-0.25, -0.2) is 4.68 Å². The van der Waals surface area contributed by atoms with E-state index in [-0.39, 0.29) is 22.3 Å². The molecule has 0 fully saturated rings. The fourth-order valence-electron chi connectivity index (χ4n) is 1.81. The summed E-state index contributed by atoms with van der Waals surface area (Å²) in [4.78, 5) is 12.3. The Morgan fingerprint density at radius 2 is 2.23 bits per heavy atom. The van der Waals surface area contributed by atoms with Crippen molar-refractivity contribution in [2.75, 3.05) is 18.7 Å². The van der Waals surface area contributed by atoms with Gasteiger partial charge in [0.05, 0.1) is 23.4 Å². The summed E-state index contributed by atoms with van der Waals surface area (Å²) < 4.78 is 18.0. The Balaban J connectivity index is 2.36. The van der Waals surface area contributed by atoms with Crippen molar-refractivity contribution >= 4 is 34.3 Å². The molecule has 1 amide bonds. The minimum Gasteiger partial charge on any atom is -0.496 e. The normalized spacial score (nSPS) is 12.0. The first-order chi connectivity index (χ1) is 10.4. The average molecular weight is 344 g/mol.